The van der Waals surface area contributed by atoms with Crippen LogP contribution in [0.25, 0.3) is 0 Å². The molecule has 1 fully saturated rings. The predicted octanol–water partition coefficient (Wildman–Crippen LogP) is 0.878. The summed E-state index contributed by atoms with van der Waals surface area (Å²) in [4.78, 5) is 25.5. The van der Waals surface area contributed by atoms with Crippen molar-refractivity contribution >= 4 is 12.4 Å². The fourth-order valence-electron chi connectivity index (χ4n) is 3.16. The van der Waals surface area contributed by atoms with Crippen molar-refractivity contribution in [3.05, 3.63) is 63.4 Å². The summed E-state index contributed by atoms with van der Waals surface area (Å²) in [6.07, 6.45) is 1.96. The lowest BCUT2D eigenvalue weighted by molar-refractivity contribution is 0.0399. The van der Waals surface area contributed by atoms with Crippen LogP contribution in [0, 0.1) is 0 Å². The number of nitrogens with zero attached hydrogens (tertiary/aromatic N) is 1. The van der Waals surface area contributed by atoms with Crippen LogP contribution >= 0.6 is 7.14 Å². The van der Waals surface area contributed by atoms with Gasteiger partial charge in [0.2, 0.25) is 0 Å². The predicted molar refractivity (Wildman–Crippen MR) is 84.2 cm³/mol. The topological polar surface area (TPSA) is 92.2 Å². The molecule has 1 aliphatic rings. The Hall–Kier alpha value is -1.91. The van der Waals surface area contributed by atoms with E-state index in [-0.39, 0.29) is 0 Å². The van der Waals surface area contributed by atoms with Crippen LogP contribution in [0.5, 0.6) is 0 Å². The van der Waals surface area contributed by atoms with E-state index in [0.29, 0.717) is 17.9 Å². The van der Waals surface area contributed by atoms with E-state index in [4.69, 9.17) is 0 Å². The maximum atomic E-state index is 13.6. The third kappa shape index (κ3) is 2.28. The summed E-state index contributed by atoms with van der Waals surface area (Å²) in [7, 11) is -3.03. The summed E-state index contributed by atoms with van der Waals surface area (Å²) in [5, 5.41) is 11.3. The highest BCUT2D eigenvalue weighted by molar-refractivity contribution is 7.72. The Morgan fingerprint density at radius 2 is 1.95 bits per heavy atom. The normalized spacial score (nSPS) is 31.3. The molecule has 0 amide bonds. The van der Waals surface area contributed by atoms with Crippen molar-refractivity contribution in [2.75, 3.05) is 6.16 Å². The summed E-state index contributed by atoms with van der Waals surface area (Å²) in [6, 6.07) is 10.1. The van der Waals surface area contributed by atoms with Gasteiger partial charge in [0.05, 0.1) is 5.60 Å². The Balaban J connectivity index is 2.22. The van der Waals surface area contributed by atoms with Gasteiger partial charge in [-0.25, -0.2) is 4.79 Å². The van der Waals surface area contributed by atoms with Crippen molar-refractivity contribution in [3.63, 3.8) is 0 Å². The Kier molecular flexibility index (Phi) is 3.46. The largest absolute Gasteiger partial charge is 0.387 e. The zero-order chi connectivity index (χ0) is 16.0. The lowest BCUT2D eigenvalue weighted by Crippen LogP contribution is -2.40. The highest BCUT2D eigenvalue weighted by atomic mass is 31.2. The van der Waals surface area contributed by atoms with E-state index in [2.05, 4.69) is 4.98 Å². The van der Waals surface area contributed by atoms with Gasteiger partial charge in [0.15, 0.2) is 0 Å². The Morgan fingerprint density at radius 3 is 2.59 bits per heavy atom. The van der Waals surface area contributed by atoms with E-state index in [9.17, 15) is 19.3 Å². The van der Waals surface area contributed by atoms with Gasteiger partial charge in [-0.15, -0.1) is 0 Å². The number of aromatic nitrogens is 2. The molecule has 3 rings (SSSR count). The number of benzene rings is 1. The van der Waals surface area contributed by atoms with Crippen LogP contribution in [0.3, 0.4) is 0 Å². The molecule has 7 heteroatoms. The Bertz CT molecular complexity index is 854. The first-order valence-corrected chi connectivity index (χ1v) is 8.99. The summed E-state index contributed by atoms with van der Waals surface area (Å²) >= 11 is 0. The molecule has 0 saturated carbocycles. The first-order valence-electron chi connectivity index (χ1n) is 7.03. The van der Waals surface area contributed by atoms with Gasteiger partial charge in [-0.05, 0) is 13.3 Å². The molecule has 2 N–H and O–H groups in total. The molecule has 3 atom stereocenters. The van der Waals surface area contributed by atoms with Crippen molar-refractivity contribution < 1.29 is 9.67 Å². The summed E-state index contributed by atoms with van der Waals surface area (Å²) < 4.78 is 14.8. The molecule has 0 spiro atoms. The minimum Gasteiger partial charge on any atom is -0.387 e. The molecular formula is C15H17N2O4P. The number of aliphatic hydroxyl groups is 1. The monoisotopic (exact) mass is 320 g/mol. The van der Waals surface area contributed by atoms with Crippen LogP contribution in [0.15, 0.2) is 52.2 Å². The smallest absolute Gasteiger partial charge is 0.329 e. The van der Waals surface area contributed by atoms with Crippen LogP contribution < -0.4 is 16.6 Å². The molecule has 1 aromatic heterocycles. The number of rotatable bonds is 2. The highest BCUT2D eigenvalue weighted by Gasteiger charge is 2.53. The van der Waals surface area contributed by atoms with E-state index in [1.807, 2.05) is 6.07 Å². The first-order chi connectivity index (χ1) is 10.3. The molecule has 1 aromatic carbocycles. The second-order valence-electron chi connectivity index (χ2n) is 5.85. The second-order valence-corrected chi connectivity index (χ2v) is 8.90. The average molecular weight is 320 g/mol. The molecule has 0 aliphatic carbocycles. The number of hydrogen-bond acceptors (Lipinski definition) is 4. The van der Waals surface area contributed by atoms with Crippen molar-refractivity contribution in [1.29, 1.82) is 0 Å². The van der Waals surface area contributed by atoms with Gasteiger partial charge in [-0.1, -0.05) is 30.3 Å². The zero-order valence-electron chi connectivity index (χ0n) is 12.1. The standard InChI is InChI=1S/C15H17N2O4P/c1-15(20)8-10-22(21,11-5-3-2-4-6-11)13(15)17-9-7-12(18)16-14(17)19/h2-7,9,13,20H,8,10H2,1H3,(H,16,18,19)/t13-,15-,22+/m1/s1. The Labute approximate surface area is 126 Å². The molecule has 1 saturated heterocycles. The third-order valence-electron chi connectivity index (χ3n) is 4.21. The minimum absolute atomic E-state index is 0.320. The second kappa shape index (κ2) is 5.07. The maximum absolute atomic E-state index is 13.6. The van der Waals surface area contributed by atoms with Crippen molar-refractivity contribution in [2.24, 2.45) is 0 Å². The van der Waals surface area contributed by atoms with Gasteiger partial charge in [0.1, 0.15) is 12.9 Å². The fraction of sp³-hybridized carbons (Fsp3) is 0.333. The van der Waals surface area contributed by atoms with E-state index < -0.39 is 29.8 Å². The van der Waals surface area contributed by atoms with Gasteiger partial charge in [-0.3, -0.25) is 14.3 Å². The molecule has 22 heavy (non-hydrogen) atoms. The fourth-order valence-corrected chi connectivity index (χ4v) is 7.02. The number of nitrogens with one attached hydrogen (secondary N) is 1. The average Bonchev–Trinajstić information content (AvgIpc) is 2.73. The van der Waals surface area contributed by atoms with Gasteiger partial charge < -0.3 is 9.67 Å². The summed E-state index contributed by atoms with van der Waals surface area (Å²) in [5.41, 5.74) is -2.46. The number of H-pyrrole nitrogens is 1. The third-order valence-corrected chi connectivity index (χ3v) is 7.86. The van der Waals surface area contributed by atoms with Crippen molar-refractivity contribution in [2.45, 2.75) is 24.7 Å². The lowest BCUT2D eigenvalue weighted by atomic mass is 10.0. The van der Waals surface area contributed by atoms with Crippen molar-refractivity contribution in [3.8, 4) is 0 Å². The van der Waals surface area contributed by atoms with E-state index in [0.717, 1.165) is 0 Å². The van der Waals surface area contributed by atoms with Gasteiger partial charge >= 0.3 is 5.69 Å². The lowest BCUT2D eigenvalue weighted by Gasteiger charge is -2.30. The van der Waals surface area contributed by atoms with E-state index in [1.54, 1.807) is 31.2 Å². The molecule has 116 valence electrons. The maximum Gasteiger partial charge on any atom is 0.329 e. The first kappa shape index (κ1) is 15.0. The number of aromatic amines is 1. The van der Waals surface area contributed by atoms with Crippen LogP contribution in [-0.2, 0) is 4.57 Å². The Morgan fingerprint density at radius 1 is 1.27 bits per heavy atom. The zero-order valence-corrected chi connectivity index (χ0v) is 13.0. The van der Waals surface area contributed by atoms with Crippen LogP contribution in [0.1, 0.15) is 19.1 Å². The van der Waals surface area contributed by atoms with Crippen molar-refractivity contribution in [1.82, 2.24) is 9.55 Å². The van der Waals surface area contributed by atoms with Gasteiger partial charge in [0, 0.05) is 23.7 Å². The molecule has 6 nitrogen and oxygen atoms in total. The molecule has 2 aromatic rings. The van der Waals surface area contributed by atoms with Crippen LogP contribution in [-0.4, -0.2) is 26.4 Å². The molecule has 0 bridgehead atoms. The quantitative estimate of drug-likeness (QED) is 0.804. The molecule has 2 heterocycles. The van der Waals surface area contributed by atoms with Gasteiger partial charge in [0.25, 0.3) is 5.56 Å². The van der Waals surface area contributed by atoms with Crippen LogP contribution in [0.4, 0.5) is 0 Å². The highest BCUT2D eigenvalue weighted by Crippen LogP contribution is 2.66. The molecule has 0 unspecified atom stereocenters. The van der Waals surface area contributed by atoms with Gasteiger partial charge in [-0.2, -0.15) is 0 Å². The number of hydrogen-bond donors (Lipinski definition) is 2. The summed E-state index contributed by atoms with van der Waals surface area (Å²) in [5.74, 6) is -0.883. The molecule has 0 radical (unpaired) electrons. The molecular weight excluding hydrogens is 303 g/mol. The SMILES string of the molecule is C[C@@]1(O)CC[P@](=O)(c2ccccc2)[C@H]1n1ccc(=O)[nH]c1=O. The summed E-state index contributed by atoms with van der Waals surface area (Å²) in [6.45, 7) is 1.58. The van der Waals surface area contributed by atoms with Crippen LogP contribution in [0.2, 0.25) is 0 Å². The molecule has 1 aliphatic heterocycles. The van der Waals surface area contributed by atoms with E-state index >= 15 is 0 Å². The minimum atomic E-state index is -3.03. The van der Waals surface area contributed by atoms with E-state index in [1.165, 1.54) is 16.8 Å².